The fraction of sp³-hybridized carbons (Fsp3) is 0.533. The summed E-state index contributed by atoms with van der Waals surface area (Å²) in [5.41, 5.74) is 0.967. The fourth-order valence-electron chi connectivity index (χ4n) is 2.85. The normalized spacial score (nSPS) is 17.8. The van der Waals surface area contributed by atoms with Crippen molar-refractivity contribution in [2.45, 2.75) is 43.4 Å². The number of hydrogen-bond acceptors (Lipinski definition) is 2. The Morgan fingerprint density at radius 1 is 1.33 bits per heavy atom. The number of carbonyl (C=O) groups is 1. The van der Waals surface area contributed by atoms with Crippen LogP contribution in [0.15, 0.2) is 29.2 Å². The standard InChI is InChI=1S/C15H20O2S/c1-2-18-13-9-7-12(8-10-13)14(15(16)17)11-5-3-4-6-11/h7-11,14H,2-6H2,1H3,(H,16,17). The highest BCUT2D eigenvalue weighted by Crippen LogP contribution is 2.37. The average Bonchev–Trinajstić information content (AvgIpc) is 2.85. The first-order chi connectivity index (χ1) is 8.72. The molecular weight excluding hydrogens is 244 g/mol. The van der Waals surface area contributed by atoms with Gasteiger partial charge in [0.25, 0.3) is 0 Å². The predicted octanol–water partition coefficient (Wildman–Crippen LogP) is 4.16. The number of benzene rings is 1. The van der Waals surface area contributed by atoms with E-state index >= 15 is 0 Å². The molecule has 2 nitrogen and oxygen atoms in total. The van der Waals surface area contributed by atoms with E-state index in [9.17, 15) is 9.90 Å². The summed E-state index contributed by atoms with van der Waals surface area (Å²) in [7, 11) is 0. The second kappa shape index (κ2) is 6.28. The van der Waals surface area contributed by atoms with Crippen LogP contribution in [0.3, 0.4) is 0 Å². The van der Waals surface area contributed by atoms with E-state index in [1.807, 2.05) is 24.3 Å². The van der Waals surface area contributed by atoms with Crippen molar-refractivity contribution in [3.8, 4) is 0 Å². The van der Waals surface area contributed by atoms with Crippen LogP contribution in [0, 0.1) is 5.92 Å². The fourth-order valence-corrected chi connectivity index (χ4v) is 3.51. The van der Waals surface area contributed by atoms with Crippen LogP contribution in [-0.2, 0) is 4.79 Å². The summed E-state index contributed by atoms with van der Waals surface area (Å²) >= 11 is 1.79. The van der Waals surface area contributed by atoms with Crippen molar-refractivity contribution >= 4 is 17.7 Å². The van der Waals surface area contributed by atoms with Gasteiger partial charge in [-0.1, -0.05) is 31.9 Å². The quantitative estimate of drug-likeness (QED) is 0.811. The topological polar surface area (TPSA) is 37.3 Å². The van der Waals surface area contributed by atoms with Gasteiger partial charge >= 0.3 is 5.97 Å². The SMILES string of the molecule is CCSc1ccc(C(C(=O)O)C2CCCC2)cc1. The predicted molar refractivity (Wildman–Crippen MR) is 75.2 cm³/mol. The molecule has 0 radical (unpaired) electrons. The van der Waals surface area contributed by atoms with E-state index < -0.39 is 5.97 Å². The minimum absolute atomic E-state index is 0.312. The number of carboxylic acid groups (broad SMARTS) is 1. The van der Waals surface area contributed by atoms with Gasteiger partial charge in [0, 0.05) is 4.90 Å². The number of thioether (sulfide) groups is 1. The lowest BCUT2D eigenvalue weighted by Gasteiger charge is -2.19. The Morgan fingerprint density at radius 3 is 2.44 bits per heavy atom. The van der Waals surface area contributed by atoms with Crippen molar-refractivity contribution in [1.29, 1.82) is 0 Å². The highest BCUT2D eigenvalue weighted by Gasteiger charge is 2.31. The van der Waals surface area contributed by atoms with Crippen molar-refractivity contribution in [2.24, 2.45) is 5.92 Å². The van der Waals surface area contributed by atoms with Gasteiger partial charge in [-0.05, 0) is 42.2 Å². The van der Waals surface area contributed by atoms with Crippen molar-refractivity contribution < 1.29 is 9.90 Å². The number of rotatable bonds is 5. The number of hydrogen-bond donors (Lipinski definition) is 1. The minimum atomic E-state index is -0.669. The molecule has 1 aliphatic carbocycles. The van der Waals surface area contributed by atoms with Crippen molar-refractivity contribution in [3.63, 3.8) is 0 Å². The summed E-state index contributed by atoms with van der Waals surface area (Å²) in [5, 5.41) is 9.45. The highest BCUT2D eigenvalue weighted by molar-refractivity contribution is 7.99. The largest absolute Gasteiger partial charge is 0.481 e. The third kappa shape index (κ3) is 3.08. The van der Waals surface area contributed by atoms with Gasteiger partial charge in [-0.2, -0.15) is 0 Å². The Balaban J connectivity index is 2.17. The van der Waals surface area contributed by atoms with Crippen LogP contribution in [-0.4, -0.2) is 16.8 Å². The summed E-state index contributed by atoms with van der Waals surface area (Å²) in [4.78, 5) is 12.7. The zero-order chi connectivity index (χ0) is 13.0. The van der Waals surface area contributed by atoms with E-state index in [0.29, 0.717) is 5.92 Å². The molecular formula is C15H20O2S. The molecule has 98 valence electrons. The minimum Gasteiger partial charge on any atom is -0.481 e. The Bertz CT molecular complexity index is 393. The summed E-state index contributed by atoms with van der Waals surface area (Å²) < 4.78 is 0. The maximum Gasteiger partial charge on any atom is 0.311 e. The summed E-state index contributed by atoms with van der Waals surface area (Å²) in [6.07, 6.45) is 4.47. The zero-order valence-corrected chi connectivity index (χ0v) is 11.6. The molecule has 0 amide bonds. The molecule has 1 aliphatic rings. The molecule has 0 spiro atoms. The third-order valence-corrected chi connectivity index (χ3v) is 4.58. The van der Waals surface area contributed by atoms with Crippen LogP contribution < -0.4 is 0 Å². The van der Waals surface area contributed by atoms with E-state index in [1.54, 1.807) is 11.8 Å². The van der Waals surface area contributed by atoms with E-state index in [-0.39, 0.29) is 5.92 Å². The average molecular weight is 264 g/mol. The van der Waals surface area contributed by atoms with Gasteiger partial charge in [0.2, 0.25) is 0 Å². The molecule has 1 aromatic carbocycles. The molecule has 0 aromatic heterocycles. The molecule has 0 aliphatic heterocycles. The van der Waals surface area contributed by atoms with Crippen LogP contribution in [0.2, 0.25) is 0 Å². The molecule has 0 heterocycles. The van der Waals surface area contributed by atoms with Gasteiger partial charge in [-0.3, -0.25) is 4.79 Å². The number of aliphatic carboxylic acids is 1. The Labute approximate surface area is 113 Å². The molecule has 0 bridgehead atoms. The maximum atomic E-state index is 11.5. The van der Waals surface area contributed by atoms with Crippen LogP contribution in [0.1, 0.15) is 44.1 Å². The van der Waals surface area contributed by atoms with E-state index in [1.165, 1.54) is 17.7 Å². The lowest BCUT2D eigenvalue weighted by molar-refractivity contribution is -0.140. The van der Waals surface area contributed by atoms with Crippen LogP contribution in [0.25, 0.3) is 0 Å². The molecule has 0 saturated heterocycles. The maximum absolute atomic E-state index is 11.5. The van der Waals surface area contributed by atoms with Gasteiger partial charge < -0.3 is 5.11 Å². The molecule has 1 fully saturated rings. The lowest BCUT2D eigenvalue weighted by Crippen LogP contribution is -2.19. The molecule has 3 heteroatoms. The van der Waals surface area contributed by atoms with Gasteiger partial charge in [0.15, 0.2) is 0 Å². The first kappa shape index (κ1) is 13.5. The molecule has 2 rings (SSSR count). The second-order valence-corrected chi connectivity index (χ2v) is 6.20. The Morgan fingerprint density at radius 2 is 1.94 bits per heavy atom. The summed E-state index contributed by atoms with van der Waals surface area (Å²) in [5.74, 6) is 0.391. The zero-order valence-electron chi connectivity index (χ0n) is 10.8. The Hall–Kier alpha value is -0.960. The van der Waals surface area contributed by atoms with Crippen molar-refractivity contribution in [1.82, 2.24) is 0 Å². The number of carboxylic acids is 1. The van der Waals surface area contributed by atoms with Gasteiger partial charge in [0.1, 0.15) is 0 Å². The van der Waals surface area contributed by atoms with Crippen LogP contribution >= 0.6 is 11.8 Å². The first-order valence-electron chi connectivity index (χ1n) is 6.68. The molecule has 18 heavy (non-hydrogen) atoms. The first-order valence-corrected chi connectivity index (χ1v) is 7.66. The van der Waals surface area contributed by atoms with Gasteiger partial charge in [-0.15, -0.1) is 11.8 Å². The van der Waals surface area contributed by atoms with Crippen molar-refractivity contribution in [2.75, 3.05) is 5.75 Å². The van der Waals surface area contributed by atoms with E-state index in [0.717, 1.165) is 24.2 Å². The van der Waals surface area contributed by atoms with Gasteiger partial charge in [-0.25, -0.2) is 0 Å². The lowest BCUT2D eigenvalue weighted by atomic mass is 9.85. The molecule has 1 unspecified atom stereocenters. The molecule has 1 atom stereocenters. The Kier molecular flexibility index (Phi) is 4.70. The van der Waals surface area contributed by atoms with Gasteiger partial charge in [0.05, 0.1) is 5.92 Å². The molecule has 1 aromatic rings. The van der Waals surface area contributed by atoms with E-state index in [4.69, 9.17) is 0 Å². The molecule has 1 N–H and O–H groups in total. The van der Waals surface area contributed by atoms with Crippen LogP contribution in [0.5, 0.6) is 0 Å². The highest BCUT2D eigenvalue weighted by atomic mass is 32.2. The molecule has 1 saturated carbocycles. The third-order valence-electron chi connectivity index (χ3n) is 3.69. The second-order valence-electron chi connectivity index (χ2n) is 4.86. The summed E-state index contributed by atoms with van der Waals surface area (Å²) in [6.45, 7) is 2.12. The van der Waals surface area contributed by atoms with Crippen LogP contribution in [0.4, 0.5) is 0 Å². The van der Waals surface area contributed by atoms with E-state index in [2.05, 4.69) is 6.92 Å². The van der Waals surface area contributed by atoms with Crippen molar-refractivity contribution in [3.05, 3.63) is 29.8 Å². The summed E-state index contributed by atoms with van der Waals surface area (Å²) in [6, 6.07) is 8.09. The monoisotopic (exact) mass is 264 g/mol. The smallest absolute Gasteiger partial charge is 0.311 e.